The van der Waals surface area contributed by atoms with Crippen LogP contribution >= 0.6 is 11.6 Å². The van der Waals surface area contributed by atoms with Crippen LogP contribution in [-0.2, 0) is 4.74 Å². The molecule has 0 unspecified atom stereocenters. The predicted molar refractivity (Wildman–Crippen MR) is 77.1 cm³/mol. The lowest BCUT2D eigenvalue weighted by Gasteiger charge is -2.24. The van der Waals surface area contributed by atoms with E-state index < -0.39 is 5.60 Å². The molecule has 0 fully saturated rings. The van der Waals surface area contributed by atoms with Gasteiger partial charge in [0.1, 0.15) is 6.07 Å². The summed E-state index contributed by atoms with van der Waals surface area (Å²) in [7, 11) is 0. The highest BCUT2D eigenvalue weighted by atomic mass is 35.5. The molecule has 1 aliphatic carbocycles. The minimum Gasteiger partial charge on any atom is -0.353 e. The van der Waals surface area contributed by atoms with Crippen LogP contribution in [0, 0.1) is 11.3 Å². The van der Waals surface area contributed by atoms with Crippen molar-refractivity contribution < 1.29 is 4.74 Å². The smallest absolute Gasteiger partial charge is 0.191 e. The van der Waals surface area contributed by atoms with E-state index in [2.05, 4.69) is 18.2 Å². The fraction of sp³-hybridized carbons (Fsp3) is 0.312. The van der Waals surface area contributed by atoms with Gasteiger partial charge in [0.05, 0.1) is 6.61 Å². The number of nitrogens with zero attached hydrogens (tertiary/aromatic N) is 1. The second-order valence-electron chi connectivity index (χ2n) is 4.45. The minimum atomic E-state index is -0.933. The molecule has 0 spiro atoms. The predicted octanol–water partition coefficient (Wildman–Crippen LogP) is 3.80. The highest BCUT2D eigenvalue weighted by molar-refractivity contribution is 6.17. The molecule has 0 heterocycles. The van der Waals surface area contributed by atoms with E-state index in [0.29, 0.717) is 12.5 Å². The number of alkyl halides is 1. The molecule has 0 atom stereocenters. The SMILES string of the molecule is N#CC1(OCCCCl)C=CC(c2ccccc2)C=C1. The molecule has 1 aliphatic rings. The van der Waals surface area contributed by atoms with Gasteiger partial charge in [-0.15, -0.1) is 11.6 Å². The van der Waals surface area contributed by atoms with Crippen LogP contribution in [-0.4, -0.2) is 18.1 Å². The first-order valence-corrected chi connectivity index (χ1v) is 6.88. The first kappa shape index (κ1) is 13.9. The Morgan fingerprint density at radius 2 is 1.89 bits per heavy atom. The molecular weight excluding hydrogens is 258 g/mol. The molecule has 0 aliphatic heterocycles. The van der Waals surface area contributed by atoms with Gasteiger partial charge in [0.25, 0.3) is 0 Å². The maximum atomic E-state index is 9.29. The third-order valence-corrected chi connectivity index (χ3v) is 3.35. The number of rotatable bonds is 5. The molecule has 0 N–H and O–H groups in total. The van der Waals surface area contributed by atoms with Crippen LogP contribution < -0.4 is 0 Å². The van der Waals surface area contributed by atoms with Crippen molar-refractivity contribution >= 4 is 11.6 Å². The average Bonchev–Trinajstić information content (AvgIpc) is 2.49. The number of benzene rings is 1. The summed E-state index contributed by atoms with van der Waals surface area (Å²) in [5.74, 6) is 0.751. The van der Waals surface area contributed by atoms with Gasteiger partial charge in [0.2, 0.25) is 0 Å². The normalized spacial score (nSPS) is 25.2. The molecule has 0 bridgehead atoms. The topological polar surface area (TPSA) is 33.0 Å². The van der Waals surface area contributed by atoms with Crippen LogP contribution in [0.15, 0.2) is 54.6 Å². The summed E-state index contributed by atoms with van der Waals surface area (Å²) in [6.07, 6.45) is 8.44. The molecule has 0 saturated carbocycles. The van der Waals surface area contributed by atoms with Crippen LogP contribution in [0.1, 0.15) is 17.9 Å². The highest BCUT2D eigenvalue weighted by Gasteiger charge is 2.27. The van der Waals surface area contributed by atoms with Crippen LogP contribution in [0.2, 0.25) is 0 Å². The number of hydrogen-bond donors (Lipinski definition) is 0. The Morgan fingerprint density at radius 3 is 2.47 bits per heavy atom. The maximum Gasteiger partial charge on any atom is 0.191 e. The fourth-order valence-corrected chi connectivity index (χ4v) is 2.12. The van der Waals surface area contributed by atoms with Gasteiger partial charge in [-0.2, -0.15) is 5.26 Å². The Labute approximate surface area is 119 Å². The molecule has 0 radical (unpaired) electrons. The Kier molecular flexibility index (Phi) is 4.79. The zero-order valence-electron chi connectivity index (χ0n) is 10.6. The van der Waals surface area contributed by atoms with Crippen molar-refractivity contribution in [3.8, 4) is 6.07 Å². The molecule has 3 heteroatoms. The third-order valence-electron chi connectivity index (χ3n) is 3.08. The fourth-order valence-electron chi connectivity index (χ4n) is 2.01. The molecule has 1 aromatic rings. The zero-order chi connectivity index (χ0) is 13.6. The van der Waals surface area contributed by atoms with E-state index in [9.17, 15) is 5.26 Å². The average molecular weight is 274 g/mol. The molecule has 1 aromatic carbocycles. The van der Waals surface area contributed by atoms with Crippen molar-refractivity contribution in [1.29, 1.82) is 5.26 Å². The molecule has 2 nitrogen and oxygen atoms in total. The second-order valence-corrected chi connectivity index (χ2v) is 4.83. The second kappa shape index (κ2) is 6.56. The lowest BCUT2D eigenvalue weighted by atomic mass is 9.89. The van der Waals surface area contributed by atoms with Crippen molar-refractivity contribution in [1.82, 2.24) is 0 Å². The summed E-state index contributed by atoms with van der Waals surface area (Å²) in [6.45, 7) is 0.488. The van der Waals surface area contributed by atoms with E-state index in [4.69, 9.17) is 16.3 Å². The van der Waals surface area contributed by atoms with Gasteiger partial charge in [0.15, 0.2) is 5.60 Å². The Hall–Kier alpha value is -1.56. The number of nitriles is 1. The van der Waals surface area contributed by atoms with Crippen molar-refractivity contribution in [2.45, 2.75) is 17.9 Å². The van der Waals surface area contributed by atoms with E-state index in [1.807, 2.05) is 42.5 Å². The lowest BCUT2D eigenvalue weighted by Crippen LogP contribution is -2.28. The van der Waals surface area contributed by atoms with Crippen molar-refractivity contribution in [2.75, 3.05) is 12.5 Å². The first-order valence-electron chi connectivity index (χ1n) is 6.34. The van der Waals surface area contributed by atoms with Crippen molar-refractivity contribution in [2.24, 2.45) is 0 Å². The summed E-state index contributed by atoms with van der Waals surface area (Å²) >= 11 is 5.61. The van der Waals surface area contributed by atoms with E-state index in [-0.39, 0.29) is 5.92 Å². The molecule has 98 valence electrons. The van der Waals surface area contributed by atoms with Gasteiger partial charge in [-0.1, -0.05) is 42.5 Å². The standard InChI is InChI=1S/C16H16ClNO/c17-11-4-12-19-16(13-18)9-7-15(8-10-16)14-5-2-1-3-6-14/h1-3,5-10,15H,4,11-12H2. The largest absolute Gasteiger partial charge is 0.353 e. The zero-order valence-corrected chi connectivity index (χ0v) is 11.4. The lowest BCUT2D eigenvalue weighted by molar-refractivity contribution is 0.0668. The molecule has 0 aromatic heterocycles. The Balaban J connectivity index is 2.06. The van der Waals surface area contributed by atoms with Crippen LogP contribution in [0.4, 0.5) is 0 Å². The van der Waals surface area contributed by atoms with Crippen molar-refractivity contribution in [3.05, 3.63) is 60.2 Å². The summed E-state index contributed by atoms with van der Waals surface area (Å²) < 4.78 is 5.63. The third kappa shape index (κ3) is 3.47. The van der Waals surface area contributed by atoms with Crippen molar-refractivity contribution in [3.63, 3.8) is 0 Å². The van der Waals surface area contributed by atoms with Gasteiger partial charge < -0.3 is 4.74 Å². The monoisotopic (exact) mass is 273 g/mol. The van der Waals surface area contributed by atoms with E-state index in [0.717, 1.165) is 6.42 Å². The van der Waals surface area contributed by atoms with Gasteiger partial charge in [-0.05, 0) is 24.1 Å². The van der Waals surface area contributed by atoms with E-state index in [1.54, 1.807) is 0 Å². The molecule has 0 amide bonds. The van der Waals surface area contributed by atoms with Crippen LogP contribution in [0.5, 0.6) is 0 Å². The maximum absolute atomic E-state index is 9.29. The van der Waals surface area contributed by atoms with Gasteiger partial charge in [-0.3, -0.25) is 0 Å². The minimum absolute atomic E-state index is 0.208. The van der Waals surface area contributed by atoms with E-state index in [1.165, 1.54) is 5.56 Å². The quantitative estimate of drug-likeness (QED) is 0.464. The molecular formula is C16H16ClNO. The Morgan fingerprint density at radius 1 is 1.21 bits per heavy atom. The summed E-state index contributed by atoms with van der Waals surface area (Å²) in [5.41, 5.74) is 0.277. The highest BCUT2D eigenvalue weighted by Crippen LogP contribution is 2.28. The van der Waals surface area contributed by atoms with Gasteiger partial charge in [0, 0.05) is 11.8 Å². The van der Waals surface area contributed by atoms with Gasteiger partial charge in [-0.25, -0.2) is 0 Å². The summed E-state index contributed by atoms with van der Waals surface area (Å²) in [6, 6.07) is 12.4. The number of allylic oxidation sites excluding steroid dienone is 2. The molecule has 0 saturated heterocycles. The first-order chi connectivity index (χ1) is 9.29. The summed E-state index contributed by atoms with van der Waals surface area (Å²) in [4.78, 5) is 0. The Bertz CT molecular complexity index is 487. The number of hydrogen-bond acceptors (Lipinski definition) is 2. The number of halogens is 1. The summed E-state index contributed by atoms with van der Waals surface area (Å²) in [5, 5.41) is 9.29. The number of ether oxygens (including phenoxy) is 1. The van der Waals surface area contributed by atoms with E-state index >= 15 is 0 Å². The van der Waals surface area contributed by atoms with Crippen LogP contribution in [0.3, 0.4) is 0 Å². The molecule has 2 rings (SSSR count). The van der Waals surface area contributed by atoms with Gasteiger partial charge >= 0.3 is 0 Å². The molecule has 19 heavy (non-hydrogen) atoms. The van der Waals surface area contributed by atoms with Crippen LogP contribution in [0.25, 0.3) is 0 Å².